The molecular weight excluding hydrogens is 1320 g/mol. The molecule has 4 aromatic heterocycles. The van der Waals surface area contributed by atoms with Crippen LogP contribution in [0.2, 0.25) is 0 Å². The first-order valence-corrected chi connectivity index (χ1v) is 37.0. The molecule has 0 bridgehead atoms. The fourth-order valence-corrected chi connectivity index (χ4v) is 18.7. The third kappa shape index (κ3) is 9.42. The van der Waals surface area contributed by atoms with Crippen molar-refractivity contribution in [3.8, 4) is 147 Å². The first-order valence-electron chi connectivity index (χ1n) is 36.2. The minimum atomic E-state index is -0.768. The summed E-state index contributed by atoms with van der Waals surface area (Å²) in [6.45, 7) is 0. The van der Waals surface area contributed by atoms with E-state index in [1.165, 1.54) is 64.7 Å². The molecule has 18 aromatic rings. The van der Waals surface area contributed by atoms with E-state index in [2.05, 4.69) is 309 Å². The van der Waals surface area contributed by atoms with Gasteiger partial charge in [0, 0.05) is 76.4 Å². The van der Waals surface area contributed by atoms with Crippen LogP contribution in [0.1, 0.15) is 44.5 Å². The number of thiophene rings is 1. The van der Waals surface area contributed by atoms with E-state index in [4.69, 9.17) is 34.4 Å². The zero-order valence-corrected chi connectivity index (χ0v) is 58.3. The Labute approximate surface area is 621 Å². The standard InChI is InChI=1S/C99H59N5O2S/c1-2-21-60(22-3-1)96-101-88(59-89(104-96)85-39-16-17-50-100-85)68-27-19-24-62(52-68)65-44-48-92-83(55-65)99(79-36-11-6-31-73(79)74-32-7-12-37-80(74)99)84-56-66(45-49-93(84)106-92)63-25-20-28-70(53-63)97-102-86(58-87(103-97)69-42-46-76-75-33-8-15-41-94(75)107-95(76)57-69)67-26-18-23-61(51-67)64-43-47-91-82(54-64)98(81-38-13-14-40-90(81)105-91)77-34-9-4-29-71(77)72-30-5-10-35-78(72)98/h1-59H. The molecule has 0 radical (unpaired) electrons. The number of benzene rings is 14. The molecule has 22 rings (SSSR count). The Bertz CT molecular complexity index is 6590. The molecule has 0 saturated carbocycles. The zero-order valence-electron chi connectivity index (χ0n) is 57.5. The van der Waals surface area contributed by atoms with Gasteiger partial charge in [0.15, 0.2) is 11.6 Å². The summed E-state index contributed by atoms with van der Waals surface area (Å²) in [4.78, 5) is 26.1. The van der Waals surface area contributed by atoms with Crippen LogP contribution in [0.3, 0.4) is 0 Å². The van der Waals surface area contributed by atoms with Crippen molar-refractivity contribution < 1.29 is 9.47 Å². The smallest absolute Gasteiger partial charge is 0.160 e. The van der Waals surface area contributed by atoms with Crippen molar-refractivity contribution >= 4 is 31.5 Å². The fraction of sp³-hybridized carbons (Fsp3) is 0.0202. The van der Waals surface area contributed by atoms with Gasteiger partial charge in [-0.05, 0) is 175 Å². The maximum Gasteiger partial charge on any atom is 0.160 e. The number of para-hydroxylation sites is 1. The molecule has 8 heteroatoms. The van der Waals surface area contributed by atoms with E-state index in [1.807, 2.05) is 53.8 Å². The Morgan fingerprint density at radius 1 is 0.215 bits per heavy atom. The quantitative estimate of drug-likeness (QED) is 0.142. The molecule has 0 fully saturated rings. The first kappa shape index (κ1) is 60.8. The van der Waals surface area contributed by atoms with Crippen LogP contribution in [0, 0.1) is 0 Å². The van der Waals surface area contributed by atoms with Gasteiger partial charge in [0.05, 0.1) is 39.3 Å². The lowest BCUT2D eigenvalue weighted by atomic mass is 9.65. The van der Waals surface area contributed by atoms with Gasteiger partial charge in [-0.15, -0.1) is 11.3 Å². The Kier molecular flexibility index (Phi) is 13.6. The molecule has 498 valence electrons. The van der Waals surface area contributed by atoms with E-state index >= 15 is 0 Å². The normalized spacial score (nSPS) is 13.3. The molecule has 107 heavy (non-hydrogen) atoms. The lowest BCUT2D eigenvalue weighted by molar-refractivity contribution is 0.436. The maximum atomic E-state index is 7.20. The van der Waals surface area contributed by atoms with Gasteiger partial charge in [0.25, 0.3) is 0 Å². The van der Waals surface area contributed by atoms with Crippen molar-refractivity contribution in [2.75, 3.05) is 0 Å². The Morgan fingerprint density at radius 3 is 1.13 bits per heavy atom. The maximum absolute atomic E-state index is 7.20. The second kappa shape index (κ2) is 23.9. The molecule has 7 nitrogen and oxygen atoms in total. The number of hydrogen-bond donors (Lipinski definition) is 0. The van der Waals surface area contributed by atoms with Crippen LogP contribution in [-0.2, 0) is 10.8 Å². The second-order valence-electron chi connectivity index (χ2n) is 28.1. The SMILES string of the molecule is c1ccc(-c2nc(-c3cccc(-c4ccc5c(c4)C4(c6cc(-c7cccc(-c8nc(-c9cccc(-c%10ccc%11c(c%10)C%10(c%12ccccc%12O%11)c%11ccccc%11-c%11ccccc%11%10)c9)cc(-c9ccc%10c(c9)sc9ccccc9%10)n8)c7)ccc6O5)c5ccccc5-c5ccccc54)c3)cc(-c3ccccn3)n2)cc1. The lowest BCUT2D eigenvalue weighted by Crippen LogP contribution is -2.32. The van der Waals surface area contributed by atoms with Crippen LogP contribution in [0.15, 0.2) is 358 Å². The van der Waals surface area contributed by atoms with E-state index < -0.39 is 10.8 Å². The number of nitrogens with zero attached hydrogens (tertiary/aromatic N) is 5. The van der Waals surface area contributed by atoms with Crippen molar-refractivity contribution in [1.29, 1.82) is 0 Å². The predicted molar refractivity (Wildman–Crippen MR) is 432 cm³/mol. The summed E-state index contributed by atoms with van der Waals surface area (Å²) in [6.07, 6.45) is 1.81. The number of aromatic nitrogens is 5. The van der Waals surface area contributed by atoms with Crippen LogP contribution in [-0.4, -0.2) is 24.9 Å². The van der Waals surface area contributed by atoms with Crippen molar-refractivity contribution in [3.05, 3.63) is 403 Å². The largest absolute Gasteiger partial charge is 0.457 e. The Balaban J connectivity index is 0.670. The van der Waals surface area contributed by atoms with Gasteiger partial charge in [-0.3, -0.25) is 4.98 Å². The van der Waals surface area contributed by atoms with Crippen LogP contribution < -0.4 is 9.47 Å². The summed E-state index contributed by atoms with van der Waals surface area (Å²) in [6, 6.07) is 126. The van der Waals surface area contributed by atoms with Crippen LogP contribution >= 0.6 is 11.3 Å². The minimum Gasteiger partial charge on any atom is -0.457 e. The molecule has 0 atom stereocenters. The van der Waals surface area contributed by atoms with E-state index in [1.54, 1.807) is 6.20 Å². The van der Waals surface area contributed by atoms with Gasteiger partial charge in [0.2, 0.25) is 0 Å². The van der Waals surface area contributed by atoms with E-state index in [0.717, 1.165) is 135 Å². The molecule has 4 aliphatic rings. The fourth-order valence-electron chi connectivity index (χ4n) is 17.6. The van der Waals surface area contributed by atoms with E-state index in [9.17, 15) is 0 Å². The van der Waals surface area contributed by atoms with Gasteiger partial charge in [-0.2, -0.15) is 0 Å². The minimum absolute atomic E-state index is 0.597. The summed E-state index contributed by atoms with van der Waals surface area (Å²) in [5.41, 5.74) is 27.9. The number of ether oxygens (including phenoxy) is 2. The van der Waals surface area contributed by atoms with Crippen LogP contribution in [0.25, 0.3) is 144 Å². The van der Waals surface area contributed by atoms with Crippen molar-refractivity contribution in [2.24, 2.45) is 0 Å². The van der Waals surface area contributed by atoms with Crippen molar-refractivity contribution in [2.45, 2.75) is 10.8 Å². The summed E-state index contributed by atoms with van der Waals surface area (Å²) < 4.78 is 16.5. The number of rotatable bonds is 9. The van der Waals surface area contributed by atoms with Gasteiger partial charge >= 0.3 is 0 Å². The third-order valence-electron chi connectivity index (χ3n) is 22.3. The van der Waals surface area contributed by atoms with Gasteiger partial charge in [-0.25, -0.2) is 19.9 Å². The molecule has 0 N–H and O–H groups in total. The number of pyridine rings is 1. The second-order valence-corrected chi connectivity index (χ2v) is 29.2. The highest BCUT2D eigenvalue weighted by Crippen LogP contribution is 2.65. The topological polar surface area (TPSA) is 82.9 Å². The number of fused-ring (bicyclic) bond motifs is 21. The molecular formula is C99H59N5O2S. The van der Waals surface area contributed by atoms with Gasteiger partial charge < -0.3 is 9.47 Å². The van der Waals surface area contributed by atoms with Gasteiger partial charge in [-0.1, -0.05) is 255 Å². The molecule has 2 aliphatic carbocycles. The molecule has 2 spiro atoms. The Morgan fingerprint density at radius 2 is 0.589 bits per heavy atom. The summed E-state index contributed by atoms with van der Waals surface area (Å²) in [5, 5.41) is 2.49. The molecule has 14 aromatic carbocycles. The summed E-state index contributed by atoms with van der Waals surface area (Å²) in [7, 11) is 0. The van der Waals surface area contributed by atoms with Gasteiger partial charge in [0.1, 0.15) is 23.0 Å². The molecule has 2 aliphatic heterocycles. The van der Waals surface area contributed by atoms with Crippen LogP contribution in [0.4, 0.5) is 0 Å². The molecule has 6 heterocycles. The molecule has 0 amide bonds. The van der Waals surface area contributed by atoms with Crippen molar-refractivity contribution in [3.63, 3.8) is 0 Å². The Hall–Kier alpha value is -13.8. The highest BCUT2D eigenvalue weighted by molar-refractivity contribution is 7.25. The average molecular weight is 1380 g/mol. The highest BCUT2D eigenvalue weighted by Gasteiger charge is 2.53. The van der Waals surface area contributed by atoms with E-state index in [0.29, 0.717) is 11.6 Å². The highest BCUT2D eigenvalue weighted by atomic mass is 32.1. The summed E-state index contributed by atoms with van der Waals surface area (Å²) >= 11 is 1.81. The third-order valence-corrected chi connectivity index (χ3v) is 23.4. The predicted octanol–water partition coefficient (Wildman–Crippen LogP) is 25.0. The van der Waals surface area contributed by atoms with Crippen LogP contribution in [0.5, 0.6) is 23.0 Å². The summed E-state index contributed by atoms with van der Waals surface area (Å²) in [5.74, 6) is 4.60. The lowest BCUT2D eigenvalue weighted by Gasteiger charge is -2.40. The molecule has 0 saturated heterocycles. The molecule has 0 unspecified atom stereocenters. The zero-order chi connectivity index (χ0) is 70.3. The van der Waals surface area contributed by atoms with E-state index in [-0.39, 0.29) is 0 Å². The average Bonchev–Trinajstić information content (AvgIpc) is 1.55. The number of hydrogen-bond acceptors (Lipinski definition) is 8. The monoisotopic (exact) mass is 1380 g/mol. The first-order chi connectivity index (χ1) is 53.0. The van der Waals surface area contributed by atoms with Crippen molar-refractivity contribution in [1.82, 2.24) is 24.9 Å².